The van der Waals surface area contributed by atoms with E-state index in [1.165, 1.54) is 69.3 Å². The van der Waals surface area contributed by atoms with Gasteiger partial charge in [-0.1, -0.05) is 170 Å². The van der Waals surface area contributed by atoms with Gasteiger partial charge in [-0.3, -0.25) is 4.57 Å². The predicted molar refractivity (Wildman–Crippen MR) is 249 cm³/mol. The highest BCUT2D eigenvalue weighted by Crippen LogP contribution is 2.51. The monoisotopic (exact) mass is 791 g/mol. The van der Waals surface area contributed by atoms with Gasteiger partial charge >= 0.3 is 0 Å². The average molecular weight is 792 g/mol. The summed E-state index contributed by atoms with van der Waals surface area (Å²) in [6.07, 6.45) is 6.75. The van der Waals surface area contributed by atoms with Gasteiger partial charge in [-0.15, -0.1) is 0 Å². The lowest BCUT2D eigenvalue weighted by molar-refractivity contribution is 0.0900. The fourth-order valence-electron chi connectivity index (χ4n) is 11.6. The van der Waals surface area contributed by atoms with Crippen molar-refractivity contribution in [2.45, 2.75) is 44.2 Å². The fraction of sp³-hybridized carbons (Fsp3) is 0.167. The number of nitrogens with zero attached hydrogens (tertiary/aromatic N) is 5. The second-order valence-corrected chi connectivity index (χ2v) is 21.1. The van der Waals surface area contributed by atoms with Crippen LogP contribution in [0.2, 0.25) is 0 Å². The molecule has 13 rings (SSSR count). The Morgan fingerprint density at radius 2 is 0.900 bits per heavy atom. The Morgan fingerprint density at radius 3 is 1.52 bits per heavy atom. The summed E-state index contributed by atoms with van der Waals surface area (Å²) in [6.45, 7) is 0. The van der Waals surface area contributed by atoms with Crippen LogP contribution in [0.4, 0.5) is 5.69 Å². The number of hydrogen-bond donors (Lipinski definition) is 0. The van der Waals surface area contributed by atoms with Crippen molar-refractivity contribution in [2.24, 2.45) is 11.8 Å². The van der Waals surface area contributed by atoms with E-state index in [1.54, 1.807) is 0 Å². The fourth-order valence-corrected chi connectivity index (χ4v) is 16.4. The van der Waals surface area contributed by atoms with Crippen LogP contribution in [0.5, 0.6) is 0 Å². The number of anilines is 1. The molecule has 6 heteroatoms. The zero-order valence-corrected chi connectivity index (χ0v) is 34.5. The highest BCUT2D eigenvalue weighted by Gasteiger charge is 2.47. The first kappa shape index (κ1) is 35.3. The predicted octanol–water partition coefficient (Wildman–Crippen LogP) is 9.45. The molecule has 4 fully saturated rings. The van der Waals surface area contributed by atoms with Crippen LogP contribution in [0.25, 0.3) is 50.5 Å². The molecule has 60 heavy (non-hydrogen) atoms. The number of rotatable bonds is 8. The standard InChI is InChI=1S/C54H45N5Si/c1-5-16-39(17-6-1)52-55-53(40-18-15-25-47(35-40)60(44-19-7-2-8-20-44,45-21-9-3-10-22-45)46-23-11-4-12-24-46)57-54(56-52)59-50-27-14-13-26-48(50)49-29-28-41(36-51(49)59)58-42-31-37-30-38(33-42)34-43(58)32-37/h1-29,35-38,42-43H,30-34H2. The summed E-state index contributed by atoms with van der Waals surface area (Å²) in [6, 6.07) is 69.8. The van der Waals surface area contributed by atoms with Crippen LogP contribution >= 0.6 is 0 Å². The van der Waals surface area contributed by atoms with Crippen molar-refractivity contribution in [3.63, 3.8) is 0 Å². The number of fused-ring (bicyclic) bond motifs is 3. The lowest BCUT2D eigenvalue weighted by Gasteiger charge is -2.57. The molecule has 0 spiro atoms. The first-order chi connectivity index (χ1) is 29.7. The first-order valence-electron chi connectivity index (χ1n) is 21.6. The molecule has 5 nitrogen and oxygen atoms in total. The molecule has 0 amide bonds. The van der Waals surface area contributed by atoms with Gasteiger partial charge in [0, 0.05) is 39.7 Å². The number of para-hydroxylation sites is 1. The zero-order chi connectivity index (χ0) is 39.6. The Hall–Kier alpha value is -6.63. The van der Waals surface area contributed by atoms with Crippen LogP contribution in [0.15, 0.2) is 188 Å². The lowest BCUT2D eigenvalue weighted by Crippen LogP contribution is -2.74. The number of benzene rings is 7. The van der Waals surface area contributed by atoms with Crippen molar-refractivity contribution in [2.75, 3.05) is 4.90 Å². The minimum atomic E-state index is -2.80. The van der Waals surface area contributed by atoms with Gasteiger partial charge in [0.25, 0.3) is 0 Å². The van der Waals surface area contributed by atoms with Gasteiger partial charge in [0.05, 0.1) is 11.0 Å². The van der Waals surface area contributed by atoms with E-state index >= 15 is 0 Å². The molecule has 2 saturated heterocycles. The zero-order valence-electron chi connectivity index (χ0n) is 33.5. The topological polar surface area (TPSA) is 46.8 Å². The highest BCUT2D eigenvalue weighted by molar-refractivity contribution is 7.19. The molecule has 0 atom stereocenters. The number of hydrogen-bond acceptors (Lipinski definition) is 4. The summed E-state index contributed by atoms with van der Waals surface area (Å²) < 4.78 is 2.30. The second kappa shape index (κ2) is 14.3. The first-order valence-corrected chi connectivity index (χ1v) is 23.6. The van der Waals surface area contributed by atoms with Gasteiger partial charge in [-0.25, -0.2) is 4.98 Å². The second-order valence-electron chi connectivity index (χ2n) is 17.3. The third-order valence-electron chi connectivity index (χ3n) is 13.9. The maximum Gasteiger partial charge on any atom is 0.238 e. The number of piperidine rings is 2. The van der Waals surface area contributed by atoms with Gasteiger partial charge in [0.1, 0.15) is 0 Å². The van der Waals surface area contributed by atoms with E-state index in [-0.39, 0.29) is 0 Å². The molecule has 4 aliphatic rings. The van der Waals surface area contributed by atoms with E-state index in [0.717, 1.165) is 34.0 Å². The van der Waals surface area contributed by atoms with Gasteiger partial charge in [0.15, 0.2) is 19.7 Å². The Morgan fingerprint density at radius 1 is 0.400 bits per heavy atom. The molecule has 4 bridgehead atoms. The normalized spacial score (nSPS) is 19.6. The van der Waals surface area contributed by atoms with Crippen LogP contribution in [0.1, 0.15) is 32.1 Å². The summed E-state index contributed by atoms with van der Waals surface area (Å²) in [4.78, 5) is 18.9. The lowest BCUT2D eigenvalue weighted by atomic mass is 9.63. The van der Waals surface area contributed by atoms with Crippen LogP contribution in [-0.2, 0) is 0 Å². The van der Waals surface area contributed by atoms with Crippen molar-refractivity contribution in [1.29, 1.82) is 0 Å². The smallest absolute Gasteiger partial charge is 0.238 e. The molecular formula is C54H45N5Si. The Labute approximate surface area is 352 Å². The van der Waals surface area contributed by atoms with Crippen molar-refractivity contribution < 1.29 is 0 Å². The van der Waals surface area contributed by atoms with Crippen molar-refractivity contribution >= 4 is 56.3 Å². The molecule has 2 aromatic heterocycles. The van der Waals surface area contributed by atoms with Crippen LogP contribution < -0.4 is 25.6 Å². The molecule has 0 N–H and O–H groups in total. The van der Waals surface area contributed by atoms with Gasteiger partial charge in [-0.2, -0.15) is 9.97 Å². The van der Waals surface area contributed by atoms with E-state index in [1.807, 2.05) is 6.07 Å². The van der Waals surface area contributed by atoms with E-state index in [9.17, 15) is 0 Å². The third-order valence-corrected chi connectivity index (χ3v) is 18.6. The van der Waals surface area contributed by atoms with Gasteiger partial charge in [-0.05, 0) is 82.9 Å². The third kappa shape index (κ3) is 5.69. The maximum absolute atomic E-state index is 5.47. The molecule has 7 aromatic carbocycles. The van der Waals surface area contributed by atoms with Gasteiger partial charge in [0.2, 0.25) is 5.95 Å². The minimum Gasteiger partial charge on any atom is -0.365 e. The van der Waals surface area contributed by atoms with Gasteiger partial charge < -0.3 is 4.90 Å². The summed E-state index contributed by atoms with van der Waals surface area (Å²) in [5.74, 6) is 3.75. The minimum absolute atomic E-state index is 0.630. The highest BCUT2D eigenvalue weighted by atomic mass is 28.3. The summed E-state index contributed by atoms with van der Waals surface area (Å²) >= 11 is 0. The van der Waals surface area contributed by atoms with Crippen molar-refractivity contribution in [3.05, 3.63) is 188 Å². The molecule has 2 saturated carbocycles. The quantitative estimate of drug-likeness (QED) is 0.114. The van der Waals surface area contributed by atoms with E-state index < -0.39 is 8.07 Å². The molecule has 0 radical (unpaired) electrons. The molecule has 290 valence electrons. The molecule has 0 unspecified atom stereocenters. The summed E-state index contributed by atoms with van der Waals surface area (Å²) in [5, 5.41) is 7.69. The van der Waals surface area contributed by atoms with Crippen molar-refractivity contribution in [3.8, 4) is 28.7 Å². The Balaban J connectivity index is 1.08. The molecule has 2 aliphatic heterocycles. The van der Waals surface area contributed by atoms with E-state index in [0.29, 0.717) is 29.7 Å². The van der Waals surface area contributed by atoms with E-state index in [2.05, 4.69) is 191 Å². The van der Waals surface area contributed by atoms with Crippen LogP contribution in [0.3, 0.4) is 0 Å². The molecule has 4 heterocycles. The molecule has 2 aliphatic carbocycles. The van der Waals surface area contributed by atoms with E-state index in [4.69, 9.17) is 15.0 Å². The average Bonchev–Trinajstić information content (AvgIpc) is 3.64. The SMILES string of the molecule is c1ccc(-c2nc(-c3cccc([Si](c4ccccc4)(c4ccccc4)c4ccccc4)c3)nc(-n3c4ccccc4c4ccc(N5C6CC7CC(C6)CC5C7)cc43)n2)cc1. The largest absolute Gasteiger partial charge is 0.365 e. The van der Waals surface area contributed by atoms with Crippen LogP contribution in [-0.4, -0.2) is 39.7 Å². The van der Waals surface area contributed by atoms with Crippen LogP contribution in [0, 0.1) is 11.8 Å². The van der Waals surface area contributed by atoms with Crippen molar-refractivity contribution in [1.82, 2.24) is 19.5 Å². The summed E-state index contributed by atoms with van der Waals surface area (Å²) in [7, 11) is -2.80. The summed E-state index contributed by atoms with van der Waals surface area (Å²) in [5.41, 5.74) is 5.49. The number of aromatic nitrogens is 4. The molecule has 9 aromatic rings. The maximum atomic E-state index is 5.47. The Bertz CT molecular complexity index is 2880. The Kier molecular flexibility index (Phi) is 8.41. The molecular weight excluding hydrogens is 747 g/mol.